The molecule has 0 unspecified atom stereocenters. The summed E-state index contributed by atoms with van der Waals surface area (Å²) in [5.41, 5.74) is 0.572. The van der Waals surface area contributed by atoms with Crippen LogP contribution in [-0.4, -0.2) is 11.6 Å². The Morgan fingerprint density at radius 2 is 1.75 bits per heavy atom. The van der Waals surface area contributed by atoms with Gasteiger partial charge in [-0.25, -0.2) is 0 Å². The average Bonchev–Trinajstić information content (AvgIpc) is 2.11. The monoisotopic (exact) mass is 222 g/mol. The van der Waals surface area contributed by atoms with Crippen LogP contribution in [0.25, 0.3) is 0 Å². The largest absolute Gasteiger partial charge is 0.293 e. The van der Waals surface area contributed by atoms with E-state index in [0.29, 0.717) is 5.57 Å². The molecule has 1 aliphatic carbocycles. The molecule has 0 fully saturated rings. The van der Waals surface area contributed by atoms with Crippen LogP contribution in [0, 0.1) is 10.8 Å². The summed E-state index contributed by atoms with van der Waals surface area (Å²) in [5, 5.41) is 0. The molecule has 0 aromatic rings. The first-order valence-electron chi connectivity index (χ1n) is 5.87. The van der Waals surface area contributed by atoms with Gasteiger partial charge in [-0.05, 0) is 19.8 Å². The van der Waals surface area contributed by atoms with Crippen molar-refractivity contribution < 1.29 is 9.59 Å². The van der Waals surface area contributed by atoms with Crippen molar-refractivity contribution in [1.82, 2.24) is 0 Å². The Morgan fingerprint density at radius 3 is 2.19 bits per heavy atom. The van der Waals surface area contributed by atoms with Gasteiger partial charge in [0.1, 0.15) is 0 Å². The van der Waals surface area contributed by atoms with E-state index in [2.05, 4.69) is 0 Å². The van der Waals surface area contributed by atoms with Gasteiger partial charge in [0.05, 0.1) is 5.57 Å². The summed E-state index contributed by atoms with van der Waals surface area (Å²) >= 11 is 0. The summed E-state index contributed by atoms with van der Waals surface area (Å²) in [5.74, 6) is 0.0129. The fourth-order valence-corrected chi connectivity index (χ4v) is 1.94. The minimum Gasteiger partial charge on any atom is -0.293 e. The van der Waals surface area contributed by atoms with Crippen molar-refractivity contribution >= 4 is 11.6 Å². The number of allylic oxidation sites excluding steroid dienone is 2. The van der Waals surface area contributed by atoms with Crippen molar-refractivity contribution in [2.75, 3.05) is 0 Å². The quantitative estimate of drug-likeness (QED) is 0.638. The molecule has 0 radical (unpaired) electrons. The van der Waals surface area contributed by atoms with Crippen LogP contribution in [-0.2, 0) is 9.59 Å². The van der Waals surface area contributed by atoms with Crippen LogP contribution in [0.5, 0.6) is 0 Å². The fourth-order valence-electron chi connectivity index (χ4n) is 1.94. The van der Waals surface area contributed by atoms with Crippen LogP contribution in [0.4, 0.5) is 0 Å². The van der Waals surface area contributed by atoms with Crippen LogP contribution < -0.4 is 0 Å². The van der Waals surface area contributed by atoms with Crippen molar-refractivity contribution in [3.8, 4) is 0 Å². The summed E-state index contributed by atoms with van der Waals surface area (Å²) in [4.78, 5) is 24.5. The molecule has 1 aliphatic rings. The zero-order valence-corrected chi connectivity index (χ0v) is 11.2. The molecule has 0 heterocycles. The van der Waals surface area contributed by atoms with E-state index in [0.717, 1.165) is 18.4 Å². The maximum absolute atomic E-state index is 12.3. The molecule has 90 valence electrons. The van der Waals surface area contributed by atoms with Gasteiger partial charge in [0, 0.05) is 10.8 Å². The van der Waals surface area contributed by atoms with E-state index < -0.39 is 5.41 Å². The summed E-state index contributed by atoms with van der Waals surface area (Å²) in [6.07, 6.45) is 1.70. The SMILES string of the molecule is CC1=C(C(=O)C(C)(C)C)C(=O)C(C)(C)CC1. The number of rotatable bonds is 1. The summed E-state index contributed by atoms with van der Waals surface area (Å²) in [7, 11) is 0. The van der Waals surface area contributed by atoms with Crippen LogP contribution >= 0.6 is 0 Å². The third-order valence-corrected chi connectivity index (χ3v) is 3.30. The third kappa shape index (κ3) is 2.26. The first-order valence-corrected chi connectivity index (χ1v) is 5.87. The molecule has 2 heteroatoms. The van der Waals surface area contributed by atoms with Gasteiger partial charge in [-0.15, -0.1) is 0 Å². The second kappa shape index (κ2) is 3.83. The first-order chi connectivity index (χ1) is 7.07. The molecule has 0 aromatic carbocycles. The van der Waals surface area contributed by atoms with E-state index in [1.54, 1.807) is 0 Å². The van der Waals surface area contributed by atoms with E-state index in [1.165, 1.54) is 0 Å². The minimum absolute atomic E-state index is 0.0113. The Morgan fingerprint density at radius 1 is 1.25 bits per heavy atom. The molecule has 0 saturated heterocycles. The Kier molecular flexibility index (Phi) is 3.15. The highest BCUT2D eigenvalue weighted by atomic mass is 16.2. The van der Waals surface area contributed by atoms with Gasteiger partial charge in [-0.1, -0.05) is 40.2 Å². The predicted octanol–water partition coefficient (Wildman–Crippen LogP) is 3.31. The Hall–Kier alpha value is -0.920. The topological polar surface area (TPSA) is 34.1 Å². The number of carbonyl (C=O) groups excluding carboxylic acids is 2. The number of ketones is 2. The van der Waals surface area contributed by atoms with Crippen LogP contribution in [0.1, 0.15) is 54.4 Å². The molecule has 0 atom stereocenters. The molecule has 16 heavy (non-hydrogen) atoms. The van der Waals surface area contributed by atoms with E-state index in [-0.39, 0.29) is 17.0 Å². The molecule has 1 rings (SSSR count). The van der Waals surface area contributed by atoms with Gasteiger partial charge in [0.15, 0.2) is 11.6 Å². The standard InChI is InChI=1S/C14H22O2/c1-9-7-8-14(5,6)12(16)10(9)11(15)13(2,3)4/h7-8H2,1-6H3. The molecular formula is C14H22O2. The maximum atomic E-state index is 12.3. The molecule has 0 saturated carbocycles. The smallest absolute Gasteiger partial charge is 0.171 e. The van der Waals surface area contributed by atoms with Gasteiger partial charge in [0.2, 0.25) is 0 Å². The summed E-state index contributed by atoms with van der Waals surface area (Å²) < 4.78 is 0. The summed E-state index contributed by atoms with van der Waals surface area (Å²) in [6, 6.07) is 0. The van der Waals surface area contributed by atoms with Gasteiger partial charge >= 0.3 is 0 Å². The van der Waals surface area contributed by atoms with Gasteiger partial charge in [-0.2, -0.15) is 0 Å². The Bertz CT molecular complexity index is 365. The normalized spacial score (nSPS) is 21.2. The lowest BCUT2D eigenvalue weighted by Crippen LogP contribution is -2.37. The van der Waals surface area contributed by atoms with Gasteiger partial charge in [-0.3, -0.25) is 9.59 Å². The lowest BCUT2D eigenvalue weighted by atomic mass is 9.69. The van der Waals surface area contributed by atoms with Gasteiger partial charge in [0.25, 0.3) is 0 Å². The molecular weight excluding hydrogens is 200 g/mol. The number of hydrogen-bond donors (Lipinski definition) is 0. The lowest BCUT2D eigenvalue weighted by molar-refractivity contribution is -0.130. The van der Waals surface area contributed by atoms with Crippen LogP contribution in [0.3, 0.4) is 0 Å². The van der Waals surface area contributed by atoms with E-state index in [4.69, 9.17) is 0 Å². The molecule has 0 aliphatic heterocycles. The molecule has 0 spiro atoms. The second-order valence-electron chi connectivity index (χ2n) is 6.45. The highest BCUT2D eigenvalue weighted by molar-refractivity contribution is 6.24. The molecule has 0 amide bonds. The van der Waals surface area contributed by atoms with Crippen molar-refractivity contribution in [2.24, 2.45) is 10.8 Å². The maximum Gasteiger partial charge on any atom is 0.171 e. The van der Waals surface area contributed by atoms with Crippen molar-refractivity contribution in [1.29, 1.82) is 0 Å². The van der Waals surface area contributed by atoms with E-state index in [9.17, 15) is 9.59 Å². The number of hydrogen-bond acceptors (Lipinski definition) is 2. The highest BCUT2D eigenvalue weighted by Gasteiger charge is 2.40. The van der Waals surface area contributed by atoms with Crippen LogP contribution in [0.15, 0.2) is 11.1 Å². The minimum atomic E-state index is -0.473. The van der Waals surface area contributed by atoms with Crippen LogP contribution in [0.2, 0.25) is 0 Å². The Balaban J connectivity index is 3.21. The van der Waals surface area contributed by atoms with E-state index >= 15 is 0 Å². The predicted molar refractivity (Wildman–Crippen MR) is 65.2 cm³/mol. The molecule has 0 N–H and O–H groups in total. The molecule has 0 bridgehead atoms. The third-order valence-electron chi connectivity index (χ3n) is 3.30. The zero-order chi connectivity index (χ0) is 12.7. The van der Waals surface area contributed by atoms with Gasteiger partial charge < -0.3 is 0 Å². The fraction of sp³-hybridized carbons (Fsp3) is 0.714. The van der Waals surface area contributed by atoms with Crippen molar-refractivity contribution in [2.45, 2.75) is 54.4 Å². The Labute approximate surface area is 98.1 Å². The first kappa shape index (κ1) is 13.1. The van der Waals surface area contributed by atoms with E-state index in [1.807, 2.05) is 41.5 Å². The zero-order valence-electron chi connectivity index (χ0n) is 11.2. The molecule has 0 aromatic heterocycles. The highest BCUT2D eigenvalue weighted by Crippen LogP contribution is 2.38. The van der Waals surface area contributed by atoms with Crippen molar-refractivity contribution in [3.05, 3.63) is 11.1 Å². The second-order valence-corrected chi connectivity index (χ2v) is 6.45. The summed E-state index contributed by atoms with van der Waals surface area (Å²) in [6.45, 7) is 11.4. The average molecular weight is 222 g/mol. The van der Waals surface area contributed by atoms with Crippen molar-refractivity contribution in [3.63, 3.8) is 0 Å². The number of carbonyl (C=O) groups is 2. The lowest BCUT2D eigenvalue weighted by Gasteiger charge is -2.32. The molecule has 2 nitrogen and oxygen atoms in total. The number of Topliss-reactive ketones (excluding diaryl/α,β-unsaturated/α-hetero) is 2.